The highest BCUT2D eigenvalue weighted by molar-refractivity contribution is 5.72. The Balaban J connectivity index is 1.77. The molecule has 1 aliphatic rings. The molecule has 0 aromatic heterocycles. The van der Waals surface area contributed by atoms with Crippen molar-refractivity contribution in [2.45, 2.75) is 12.5 Å². The second kappa shape index (κ2) is 5.69. The van der Waals surface area contributed by atoms with Crippen molar-refractivity contribution in [2.75, 3.05) is 12.4 Å². The van der Waals surface area contributed by atoms with E-state index in [0.29, 0.717) is 5.69 Å². The van der Waals surface area contributed by atoms with E-state index < -0.39 is 5.92 Å². The minimum Gasteiger partial charge on any atom is -0.497 e. The van der Waals surface area contributed by atoms with Gasteiger partial charge in [-0.3, -0.25) is 5.73 Å². The molecule has 0 spiro atoms. The van der Waals surface area contributed by atoms with Crippen molar-refractivity contribution < 1.29 is 13.9 Å². The fraction of sp³-hybridized carbons (Fsp3) is 0.176. The van der Waals surface area contributed by atoms with Crippen LogP contribution in [0.4, 0.5) is 10.1 Å². The Kier molecular flexibility index (Phi) is 3.73. The number of hydrogen-bond donors (Lipinski definition) is 2. The molecule has 0 amide bonds. The number of fused-ring (bicyclic) bond motifs is 1. The minimum atomic E-state index is -2.22. The van der Waals surface area contributed by atoms with Gasteiger partial charge >= 0.3 is 0 Å². The molecular weight excluding hydrogens is 283 g/mol. The number of ether oxygens (including phenoxy) is 2. The normalized spacial score (nSPS) is 19.7. The average molecular weight is 300 g/mol. The lowest BCUT2D eigenvalue weighted by atomic mass is 10.1. The van der Waals surface area contributed by atoms with Crippen molar-refractivity contribution in [1.82, 2.24) is 0 Å². The molecule has 1 unspecified atom stereocenters. The third kappa shape index (κ3) is 2.89. The molecule has 2 aromatic rings. The number of para-hydroxylation sites is 1. The molecule has 4 nitrogen and oxygen atoms in total. The Bertz CT molecular complexity index is 696. The van der Waals surface area contributed by atoms with Gasteiger partial charge in [-0.15, -0.1) is 0 Å². The number of benzene rings is 2. The SMILES string of the molecule is COc1ccc(COC2=Cc3ccccc3NC2(N)F)cc1. The molecular formula is C17H17FN2O2. The first kappa shape index (κ1) is 14.4. The molecule has 22 heavy (non-hydrogen) atoms. The Labute approximate surface area is 128 Å². The zero-order valence-electron chi connectivity index (χ0n) is 12.2. The molecule has 1 aliphatic heterocycles. The summed E-state index contributed by atoms with van der Waals surface area (Å²) in [6.45, 7) is 0.225. The van der Waals surface area contributed by atoms with Crippen molar-refractivity contribution in [3.05, 3.63) is 65.4 Å². The summed E-state index contributed by atoms with van der Waals surface area (Å²) >= 11 is 0. The van der Waals surface area contributed by atoms with Crippen molar-refractivity contribution >= 4 is 11.8 Å². The van der Waals surface area contributed by atoms with E-state index in [1.165, 1.54) is 0 Å². The van der Waals surface area contributed by atoms with E-state index in [1.807, 2.05) is 42.5 Å². The molecule has 1 heterocycles. The minimum absolute atomic E-state index is 0.0574. The van der Waals surface area contributed by atoms with Crippen LogP contribution in [0.15, 0.2) is 54.3 Å². The fourth-order valence-electron chi connectivity index (χ4n) is 2.27. The summed E-state index contributed by atoms with van der Waals surface area (Å²) in [4.78, 5) is 0. The molecule has 1 atom stereocenters. The summed E-state index contributed by atoms with van der Waals surface area (Å²) in [7, 11) is 1.60. The number of methoxy groups -OCH3 is 1. The predicted molar refractivity (Wildman–Crippen MR) is 83.9 cm³/mol. The number of hydrogen-bond acceptors (Lipinski definition) is 4. The third-order valence-corrected chi connectivity index (χ3v) is 3.48. The van der Waals surface area contributed by atoms with Crippen molar-refractivity contribution in [3.63, 3.8) is 0 Å². The standard InChI is InChI=1S/C17H17FN2O2/c1-21-14-8-6-12(7-9-14)11-22-16-10-13-4-2-3-5-15(13)20-17(16,18)19/h2-10,20H,11,19H2,1H3. The highest BCUT2D eigenvalue weighted by Gasteiger charge is 2.35. The average Bonchev–Trinajstić information content (AvgIpc) is 2.52. The van der Waals surface area contributed by atoms with E-state index in [1.54, 1.807) is 19.3 Å². The highest BCUT2D eigenvalue weighted by atomic mass is 19.1. The van der Waals surface area contributed by atoms with E-state index in [9.17, 15) is 4.39 Å². The van der Waals surface area contributed by atoms with Crippen LogP contribution < -0.4 is 15.8 Å². The highest BCUT2D eigenvalue weighted by Crippen LogP contribution is 2.32. The smallest absolute Gasteiger partial charge is 0.291 e. The molecule has 0 aliphatic carbocycles. The maximum Gasteiger partial charge on any atom is 0.291 e. The van der Waals surface area contributed by atoms with Crippen LogP contribution in [0.25, 0.3) is 6.08 Å². The van der Waals surface area contributed by atoms with Gasteiger partial charge in [0.1, 0.15) is 12.4 Å². The molecule has 114 valence electrons. The van der Waals surface area contributed by atoms with Crippen molar-refractivity contribution in [2.24, 2.45) is 5.73 Å². The molecule has 5 heteroatoms. The fourth-order valence-corrected chi connectivity index (χ4v) is 2.27. The largest absolute Gasteiger partial charge is 0.497 e. The van der Waals surface area contributed by atoms with Crippen LogP contribution in [0, 0.1) is 0 Å². The van der Waals surface area contributed by atoms with Gasteiger partial charge in [-0.2, -0.15) is 4.39 Å². The van der Waals surface area contributed by atoms with Gasteiger partial charge in [0.25, 0.3) is 5.92 Å². The lowest BCUT2D eigenvalue weighted by Gasteiger charge is -2.30. The van der Waals surface area contributed by atoms with Crippen LogP contribution in [0.2, 0.25) is 0 Å². The molecule has 0 bridgehead atoms. The van der Waals surface area contributed by atoms with E-state index in [2.05, 4.69) is 5.32 Å². The maximum absolute atomic E-state index is 14.5. The number of nitrogens with two attached hydrogens (primary N) is 1. The molecule has 0 saturated heterocycles. The summed E-state index contributed by atoms with van der Waals surface area (Å²) < 4.78 is 25.2. The van der Waals surface area contributed by atoms with E-state index in [0.717, 1.165) is 16.9 Å². The van der Waals surface area contributed by atoms with Crippen LogP contribution in [0.1, 0.15) is 11.1 Å². The van der Waals surface area contributed by atoms with Crippen LogP contribution >= 0.6 is 0 Å². The molecule has 3 N–H and O–H groups in total. The zero-order chi connectivity index (χ0) is 15.6. The number of anilines is 1. The lowest BCUT2D eigenvalue weighted by Crippen LogP contribution is -2.47. The quantitative estimate of drug-likeness (QED) is 0.851. The number of halogens is 1. The number of alkyl halides is 1. The van der Waals surface area contributed by atoms with Crippen LogP contribution in [-0.2, 0) is 11.3 Å². The first-order valence-electron chi connectivity index (χ1n) is 6.91. The molecule has 2 aromatic carbocycles. The van der Waals surface area contributed by atoms with Crippen molar-refractivity contribution in [1.29, 1.82) is 0 Å². The second-order valence-corrected chi connectivity index (χ2v) is 5.07. The number of nitrogens with one attached hydrogen (secondary N) is 1. The summed E-state index contributed by atoms with van der Waals surface area (Å²) in [6, 6.07) is 14.7. The monoisotopic (exact) mass is 300 g/mol. The molecule has 0 radical (unpaired) electrons. The topological polar surface area (TPSA) is 56.5 Å². The van der Waals surface area contributed by atoms with Crippen LogP contribution in [-0.4, -0.2) is 13.0 Å². The maximum atomic E-state index is 14.5. The van der Waals surface area contributed by atoms with E-state index >= 15 is 0 Å². The Hall–Kier alpha value is -2.53. The Morgan fingerprint density at radius 3 is 2.59 bits per heavy atom. The van der Waals surface area contributed by atoms with Gasteiger partial charge in [-0.05, 0) is 29.8 Å². The van der Waals surface area contributed by atoms with Gasteiger partial charge in [0, 0.05) is 11.3 Å². The first-order chi connectivity index (χ1) is 10.6. The van der Waals surface area contributed by atoms with Gasteiger partial charge in [0.15, 0.2) is 5.76 Å². The van der Waals surface area contributed by atoms with Gasteiger partial charge < -0.3 is 14.8 Å². The summed E-state index contributed by atoms with van der Waals surface area (Å²) in [6.07, 6.45) is 1.62. The summed E-state index contributed by atoms with van der Waals surface area (Å²) in [5.74, 6) is -1.40. The first-order valence-corrected chi connectivity index (χ1v) is 6.91. The van der Waals surface area contributed by atoms with Gasteiger partial charge in [0.05, 0.1) is 7.11 Å². The predicted octanol–water partition coefficient (Wildman–Crippen LogP) is 3.26. The summed E-state index contributed by atoms with van der Waals surface area (Å²) in [5, 5.41) is 2.64. The van der Waals surface area contributed by atoms with E-state index in [4.69, 9.17) is 15.2 Å². The van der Waals surface area contributed by atoms with Gasteiger partial charge in [-0.25, -0.2) is 0 Å². The lowest BCUT2D eigenvalue weighted by molar-refractivity contribution is 0.101. The number of rotatable bonds is 4. The Morgan fingerprint density at radius 2 is 1.86 bits per heavy atom. The zero-order valence-corrected chi connectivity index (χ0v) is 12.2. The van der Waals surface area contributed by atoms with Crippen molar-refractivity contribution in [3.8, 4) is 5.75 Å². The van der Waals surface area contributed by atoms with Gasteiger partial charge in [-0.1, -0.05) is 30.3 Å². The summed E-state index contributed by atoms with van der Waals surface area (Å²) in [5.41, 5.74) is 8.04. The molecule has 0 saturated carbocycles. The van der Waals surface area contributed by atoms with Crippen LogP contribution in [0.3, 0.4) is 0 Å². The molecule has 0 fully saturated rings. The Morgan fingerprint density at radius 1 is 1.14 bits per heavy atom. The van der Waals surface area contributed by atoms with Crippen LogP contribution in [0.5, 0.6) is 5.75 Å². The van der Waals surface area contributed by atoms with Gasteiger partial charge in [0.2, 0.25) is 0 Å². The third-order valence-electron chi connectivity index (χ3n) is 3.48. The van der Waals surface area contributed by atoms with E-state index in [-0.39, 0.29) is 12.4 Å². The molecule has 3 rings (SSSR count). The second-order valence-electron chi connectivity index (χ2n) is 5.07.